The van der Waals surface area contributed by atoms with Gasteiger partial charge in [-0.15, -0.1) is 11.3 Å². The molecule has 0 spiro atoms. The van der Waals surface area contributed by atoms with Crippen molar-refractivity contribution in [3.05, 3.63) is 34.2 Å². The molecule has 0 bridgehead atoms. The summed E-state index contributed by atoms with van der Waals surface area (Å²) in [6.07, 6.45) is 0. The molecule has 1 aliphatic rings. The highest BCUT2D eigenvalue weighted by Crippen LogP contribution is 2.29. The molecule has 1 aliphatic heterocycles. The van der Waals surface area contributed by atoms with Gasteiger partial charge in [0, 0.05) is 31.7 Å². The standard InChI is InChI=1S/C16H19ClN4O3S/c17-12-2-1-11(9-13(12)19-16-20-14(22)10-25-16)15(23)18-3-4-21-5-7-24-8-6-21/h1-2,9-10,22H,3-8H2,(H,18,23)(H,19,20). The van der Waals surface area contributed by atoms with Crippen molar-refractivity contribution in [3.63, 3.8) is 0 Å². The fourth-order valence-electron chi connectivity index (χ4n) is 2.45. The van der Waals surface area contributed by atoms with Crippen LogP contribution in [0, 0.1) is 0 Å². The van der Waals surface area contributed by atoms with Gasteiger partial charge in [-0.25, -0.2) is 0 Å². The second-order valence-electron chi connectivity index (χ2n) is 5.54. The predicted octanol–water partition coefficient (Wildman–Crippen LogP) is 2.31. The monoisotopic (exact) mass is 382 g/mol. The number of morpholine rings is 1. The largest absolute Gasteiger partial charge is 0.493 e. The second kappa shape index (κ2) is 8.48. The van der Waals surface area contributed by atoms with Crippen LogP contribution >= 0.6 is 22.9 Å². The molecule has 134 valence electrons. The number of hydrogen-bond donors (Lipinski definition) is 3. The number of rotatable bonds is 6. The van der Waals surface area contributed by atoms with E-state index in [1.807, 2.05) is 0 Å². The van der Waals surface area contributed by atoms with Gasteiger partial charge in [0.25, 0.3) is 5.91 Å². The van der Waals surface area contributed by atoms with Gasteiger partial charge in [0.05, 0.1) is 29.3 Å². The lowest BCUT2D eigenvalue weighted by Gasteiger charge is -2.26. The first-order chi connectivity index (χ1) is 12.1. The van der Waals surface area contributed by atoms with Crippen molar-refractivity contribution in [1.29, 1.82) is 0 Å². The Morgan fingerprint density at radius 2 is 2.20 bits per heavy atom. The maximum Gasteiger partial charge on any atom is 0.251 e. The molecular formula is C16H19ClN4O3S. The molecule has 0 aliphatic carbocycles. The van der Waals surface area contributed by atoms with Crippen molar-refractivity contribution in [2.45, 2.75) is 0 Å². The third-order valence-electron chi connectivity index (χ3n) is 3.78. The third kappa shape index (κ3) is 5.05. The van der Waals surface area contributed by atoms with Crippen LogP contribution in [0.4, 0.5) is 10.8 Å². The molecule has 2 heterocycles. The van der Waals surface area contributed by atoms with Crippen molar-refractivity contribution < 1.29 is 14.6 Å². The van der Waals surface area contributed by atoms with E-state index in [4.69, 9.17) is 16.3 Å². The molecule has 0 unspecified atom stereocenters. The Morgan fingerprint density at radius 1 is 1.40 bits per heavy atom. The number of carbonyl (C=O) groups is 1. The van der Waals surface area contributed by atoms with E-state index in [2.05, 4.69) is 20.5 Å². The highest BCUT2D eigenvalue weighted by atomic mass is 35.5. The summed E-state index contributed by atoms with van der Waals surface area (Å²) < 4.78 is 5.30. The molecule has 1 amide bonds. The molecule has 0 atom stereocenters. The van der Waals surface area contributed by atoms with E-state index in [9.17, 15) is 9.90 Å². The lowest BCUT2D eigenvalue weighted by Crippen LogP contribution is -2.41. The summed E-state index contributed by atoms with van der Waals surface area (Å²) in [6.45, 7) is 4.65. The summed E-state index contributed by atoms with van der Waals surface area (Å²) in [4.78, 5) is 18.5. The van der Waals surface area contributed by atoms with Gasteiger partial charge in [0.2, 0.25) is 5.88 Å². The van der Waals surface area contributed by atoms with E-state index < -0.39 is 0 Å². The smallest absolute Gasteiger partial charge is 0.251 e. The molecule has 1 aromatic heterocycles. The average molecular weight is 383 g/mol. The molecule has 0 radical (unpaired) electrons. The van der Waals surface area contributed by atoms with Gasteiger partial charge in [-0.2, -0.15) is 4.98 Å². The number of hydrogen-bond acceptors (Lipinski definition) is 7. The molecule has 2 aromatic rings. The average Bonchev–Trinajstić information content (AvgIpc) is 3.02. The van der Waals surface area contributed by atoms with E-state index in [0.29, 0.717) is 27.9 Å². The van der Waals surface area contributed by atoms with Crippen LogP contribution in [0.15, 0.2) is 23.6 Å². The molecule has 1 aromatic carbocycles. The van der Waals surface area contributed by atoms with E-state index in [1.165, 1.54) is 16.7 Å². The molecule has 25 heavy (non-hydrogen) atoms. The Morgan fingerprint density at radius 3 is 2.92 bits per heavy atom. The highest BCUT2D eigenvalue weighted by Gasteiger charge is 2.12. The van der Waals surface area contributed by atoms with Crippen LogP contribution in [0.25, 0.3) is 0 Å². The Kier molecular flexibility index (Phi) is 6.09. The molecular weight excluding hydrogens is 364 g/mol. The summed E-state index contributed by atoms with van der Waals surface area (Å²) in [5, 5.41) is 17.7. The normalized spacial score (nSPS) is 15.1. The van der Waals surface area contributed by atoms with E-state index in [-0.39, 0.29) is 11.8 Å². The van der Waals surface area contributed by atoms with Gasteiger partial charge in [-0.3, -0.25) is 9.69 Å². The van der Waals surface area contributed by atoms with Crippen LogP contribution in [-0.2, 0) is 4.74 Å². The summed E-state index contributed by atoms with van der Waals surface area (Å²) in [5.74, 6) is -0.212. The third-order valence-corrected chi connectivity index (χ3v) is 4.85. The first-order valence-electron chi connectivity index (χ1n) is 7.91. The Balaban J connectivity index is 1.57. The molecule has 1 saturated heterocycles. The van der Waals surface area contributed by atoms with Gasteiger partial charge in [-0.1, -0.05) is 11.6 Å². The Bertz CT molecular complexity index is 734. The number of aromatic nitrogens is 1. The first-order valence-corrected chi connectivity index (χ1v) is 9.17. The minimum Gasteiger partial charge on any atom is -0.493 e. The zero-order valence-electron chi connectivity index (χ0n) is 13.5. The van der Waals surface area contributed by atoms with Crippen LogP contribution < -0.4 is 10.6 Å². The number of benzene rings is 1. The van der Waals surface area contributed by atoms with Gasteiger partial charge in [0.15, 0.2) is 5.13 Å². The van der Waals surface area contributed by atoms with Gasteiger partial charge >= 0.3 is 0 Å². The number of anilines is 2. The summed E-state index contributed by atoms with van der Waals surface area (Å²) in [6, 6.07) is 5.01. The van der Waals surface area contributed by atoms with Crippen LogP contribution in [-0.4, -0.2) is 60.3 Å². The Hall–Kier alpha value is -1.87. The molecule has 3 N–H and O–H groups in total. The summed E-state index contributed by atoms with van der Waals surface area (Å²) >= 11 is 7.42. The summed E-state index contributed by atoms with van der Waals surface area (Å²) in [7, 11) is 0. The van der Waals surface area contributed by atoms with Gasteiger partial charge in [-0.05, 0) is 18.2 Å². The van der Waals surface area contributed by atoms with Crippen LogP contribution in [0.5, 0.6) is 5.88 Å². The zero-order chi connectivity index (χ0) is 17.6. The number of amides is 1. The maximum absolute atomic E-state index is 12.3. The fraction of sp³-hybridized carbons (Fsp3) is 0.375. The number of nitrogens with one attached hydrogen (secondary N) is 2. The van der Waals surface area contributed by atoms with Gasteiger partial charge in [0.1, 0.15) is 0 Å². The van der Waals surface area contributed by atoms with E-state index in [0.717, 1.165) is 32.8 Å². The number of aromatic hydroxyl groups is 1. The van der Waals surface area contributed by atoms with Crippen LogP contribution in [0.2, 0.25) is 5.02 Å². The number of carbonyl (C=O) groups excluding carboxylic acids is 1. The fourth-order valence-corrected chi connectivity index (χ4v) is 3.20. The number of halogens is 1. The predicted molar refractivity (Wildman–Crippen MR) is 98.1 cm³/mol. The quantitative estimate of drug-likeness (QED) is 0.710. The highest BCUT2D eigenvalue weighted by molar-refractivity contribution is 7.14. The van der Waals surface area contributed by atoms with Crippen LogP contribution in [0.3, 0.4) is 0 Å². The minimum absolute atomic E-state index is 0.0550. The number of nitrogens with zero attached hydrogens (tertiary/aromatic N) is 2. The molecule has 9 heteroatoms. The van der Waals surface area contributed by atoms with Gasteiger partial charge < -0.3 is 20.5 Å². The Labute approximate surface area is 154 Å². The molecule has 1 fully saturated rings. The maximum atomic E-state index is 12.3. The first kappa shape index (κ1) is 17.9. The molecule has 0 saturated carbocycles. The van der Waals surface area contributed by atoms with Crippen molar-refractivity contribution in [1.82, 2.24) is 15.2 Å². The lowest BCUT2D eigenvalue weighted by atomic mass is 10.2. The van der Waals surface area contributed by atoms with Crippen molar-refractivity contribution in [2.24, 2.45) is 0 Å². The minimum atomic E-state index is -0.157. The number of ether oxygens (including phenoxy) is 1. The van der Waals surface area contributed by atoms with E-state index in [1.54, 1.807) is 18.2 Å². The van der Waals surface area contributed by atoms with E-state index >= 15 is 0 Å². The van der Waals surface area contributed by atoms with Crippen molar-refractivity contribution in [3.8, 4) is 5.88 Å². The molecule has 7 nitrogen and oxygen atoms in total. The summed E-state index contributed by atoms with van der Waals surface area (Å²) in [5.41, 5.74) is 1.08. The SMILES string of the molecule is O=C(NCCN1CCOCC1)c1ccc(Cl)c(Nc2nc(O)cs2)c1. The molecule has 3 rings (SSSR count). The second-order valence-corrected chi connectivity index (χ2v) is 6.81. The van der Waals surface area contributed by atoms with Crippen molar-refractivity contribution >= 4 is 39.7 Å². The zero-order valence-corrected chi connectivity index (χ0v) is 15.1. The lowest BCUT2D eigenvalue weighted by molar-refractivity contribution is 0.0383. The topological polar surface area (TPSA) is 86.7 Å². The number of thiazole rings is 1. The van der Waals surface area contributed by atoms with Crippen molar-refractivity contribution in [2.75, 3.05) is 44.7 Å². The van der Waals surface area contributed by atoms with Crippen LogP contribution in [0.1, 0.15) is 10.4 Å².